The number of nitrogens with one attached hydrogen (secondary N) is 2. The maximum atomic E-state index is 11.2. The molecule has 2 amide bonds. The summed E-state index contributed by atoms with van der Waals surface area (Å²) in [4.78, 5) is 24.3. The third-order valence-electron chi connectivity index (χ3n) is 1.83. The van der Waals surface area contributed by atoms with Crippen LogP contribution in [0.5, 0.6) is 0 Å². The first-order valence-electron chi connectivity index (χ1n) is 5.32. The Hall–Kier alpha value is -1.14. The Morgan fingerprint density at radius 1 is 1.25 bits per heavy atom. The van der Waals surface area contributed by atoms with Gasteiger partial charge in [0, 0.05) is 13.1 Å². The van der Waals surface area contributed by atoms with Gasteiger partial charge in [-0.1, -0.05) is 0 Å². The average Bonchev–Trinajstić information content (AvgIpc) is 2.20. The summed E-state index contributed by atoms with van der Waals surface area (Å²) in [5.74, 6) is -1.36. The predicted octanol–water partition coefficient (Wildman–Crippen LogP) is -1.45. The van der Waals surface area contributed by atoms with Crippen LogP contribution in [-0.2, 0) is 9.59 Å². The molecule has 0 fully saturated rings. The fraction of sp³-hybridized carbons (Fsp3) is 0.800. The fourth-order valence-electron chi connectivity index (χ4n) is 0.998. The highest BCUT2D eigenvalue weighted by molar-refractivity contribution is 6.35. The molecule has 3 N–H and O–H groups in total. The van der Waals surface area contributed by atoms with Gasteiger partial charge in [0.25, 0.3) is 0 Å². The molecule has 0 aromatic rings. The maximum absolute atomic E-state index is 11.2. The van der Waals surface area contributed by atoms with Crippen LogP contribution in [0, 0.1) is 0 Å². The second-order valence-corrected chi connectivity index (χ2v) is 3.97. The number of aliphatic hydroxyl groups is 1. The van der Waals surface area contributed by atoms with E-state index in [0.717, 1.165) is 13.0 Å². The summed E-state index contributed by atoms with van der Waals surface area (Å²) in [6.07, 6.45) is 0.146. The zero-order valence-electron chi connectivity index (χ0n) is 10.1. The van der Waals surface area contributed by atoms with Crippen molar-refractivity contribution in [2.75, 3.05) is 33.7 Å². The average molecular weight is 231 g/mol. The highest BCUT2D eigenvalue weighted by atomic mass is 16.3. The minimum atomic E-state index is -0.703. The second-order valence-electron chi connectivity index (χ2n) is 3.97. The first kappa shape index (κ1) is 14.9. The molecule has 16 heavy (non-hydrogen) atoms. The molecule has 0 aromatic heterocycles. The molecular formula is C10H21N3O3. The van der Waals surface area contributed by atoms with Crippen LogP contribution < -0.4 is 10.6 Å². The molecular weight excluding hydrogens is 210 g/mol. The van der Waals surface area contributed by atoms with E-state index in [2.05, 4.69) is 10.6 Å². The van der Waals surface area contributed by atoms with Gasteiger partial charge in [0.2, 0.25) is 0 Å². The van der Waals surface area contributed by atoms with E-state index in [1.54, 1.807) is 0 Å². The van der Waals surface area contributed by atoms with E-state index in [1.807, 2.05) is 19.0 Å². The van der Waals surface area contributed by atoms with Crippen LogP contribution in [0.2, 0.25) is 0 Å². The topological polar surface area (TPSA) is 81.7 Å². The first-order chi connectivity index (χ1) is 7.43. The van der Waals surface area contributed by atoms with E-state index in [0.29, 0.717) is 6.54 Å². The van der Waals surface area contributed by atoms with Gasteiger partial charge in [-0.05, 0) is 34.0 Å². The van der Waals surface area contributed by atoms with Crippen LogP contribution in [0.1, 0.15) is 13.3 Å². The Labute approximate surface area is 96.0 Å². The Kier molecular flexibility index (Phi) is 7.49. The minimum absolute atomic E-state index is 0.0873. The van der Waals surface area contributed by atoms with Crippen LogP contribution in [-0.4, -0.2) is 61.7 Å². The van der Waals surface area contributed by atoms with E-state index >= 15 is 0 Å². The molecule has 6 nitrogen and oxygen atoms in total. The molecule has 0 rings (SSSR count). The van der Waals surface area contributed by atoms with Crippen molar-refractivity contribution < 1.29 is 14.7 Å². The highest BCUT2D eigenvalue weighted by Gasteiger charge is 2.12. The summed E-state index contributed by atoms with van der Waals surface area (Å²) in [5.41, 5.74) is 0. The number of carbonyl (C=O) groups excluding carboxylic acids is 2. The van der Waals surface area contributed by atoms with Gasteiger partial charge in [-0.25, -0.2) is 0 Å². The molecule has 0 saturated carbocycles. The van der Waals surface area contributed by atoms with Gasteiger partial charge in [-0.3, -0.25) is 9.59 Å². The fourth-order valence-corrected chi connectivity index (χ4v) is 0.998. The SMILES string of the molecule is CC(O)CNC(=O)C(=O)NCCCN(C)C. The lowest BCUT2D eigenvalue weighted by Gasteiger charge is -2.10. The van der Waals surface area contributed by atoms with Gasteiger partial charge in [0.05, 0.1) is 6.10 Å². The van der Waals surface area contributed by atoms with Crippen LogP contribution >= 0.6 is 0 Å². The third kappa shape index (κ3) is 8.19. The zero-order valence-corrected chi connectivity index (χ0v) is 10.1. The van der Waals surface area contributed by atoms with Crippen molar-refractivity contribution in [3.63, 3.8) is 0 Å². The Balaban J connectivity index is 3.60. The van der Waals surface area contributed by atoms with Crippen molar-refractivity contribution in [1.82, 2.24) is 15.5 Å². The number of amides is 2. The lowest BCUT2D eigenvalue weighted by atomic mass is 10.3. The monoisotopic (exact) mass is 231 g/mol. The molecule has 0 aliphatic rings. The summed E-state index contributed by atoms with van der Waals surface area (Å²) < 4.78 is 0. The molecule has 0 spiro atoms. The van der Waals surface area contributed by atoms with Gasteiger partial charge in [-0.15, -0.1) is 0 Å². The van der Waals surface area contributed by atoms with Gasteiger partial charge in [0.15, 0.2) is 0 Å². The zero-order chi connectivity index (χ0) is 12.6. The summed E-state index contributed by atoms with van der Waals surface area (Å²) in [5, 5.41) is 13.7. The molecule has 0 radical (unpaired) electrons. The summed E-state index contributed by atoms with van der Waals surface area (Å²) in [6.45, 7) is 2.95. The van der Waals surface area contributed by atoms with E-state index in [4.69, 9.17) is 5.11 Å². The predicted molar refractivity (Wildman–Crippen MR) is 60.9 cm³/mol. The van der Waals surface area contributed by atoms with E-state index in [9.17, 15) is 9.59 Å². The van der Waals surface area contributed by atoms with Gasteiger partial charge >= 0.3 is 11.8 Å². The van der Waals surface area contributed by atoms with Crippen molar-refractivity contribution in [2.24, 2.45) is 0 Å². The number of carbonyl (C=O) groups is 2. The minimum Gasteiger partial charge on any atom is -0.392 e. The molecule has 1 unspecified atom stereocenters. The molecule has 0 aliphatic carbocycles. The van der Waals surface area contributed by atoms with Gasteiger partial charge < -0.3 is 20.6 Å². The van der Waals surface area contributed by atoms with Crippen LogP contribution in [0.3, 0.4) is 0 Å². The van der Waals surface area contributed by atoms with E-state index in [-0.39, 0.29) is 6.54 Å². The molecule has 0 heterocycles. The van der Waals surface area contributed by atoms with Crippen molar-refractivity contribution >= 4 is 11.8 Å². The molecule has 0 aliphatic heterocycles. The number of nitrogens with zero attached hydrogens (tertiary/aromatic N) is 1. The van der Waals surface area contributed by atoms with Crippen LogP contribution in [0.15, 0.2) is 0 Å². The smallest absolute Gasteiger partial charge is 0.309 e. The quantitative estimate of drug-likeness (QED) is 0.386. The number of hydrogen-bond acceptors (Lipinski definition) is 4. The summed E-state index contributed by atoms with van der Waals surface area (Å²) in [7, 11) is 3.88. The normalized spacial score (nSPS) is 12.3. The van der Waals surface area contributed by atoms with Crippen molar-refractivity contribution in [1.29, 1.82) is 0 Å². The standard InChI is InChI=1S/C10H21N3O3/c1-8(14)7-12-10(16)9(15)11-5-4-6-13(2)3/h8,14H,4-7H2,1-3H3,(H,11,15)(H,12,16). The van der Waals surface area contributed by atoms with Crippen molar-refractivity contribution in [2.45, 2.75) is 19.4 Å². The Morgan fingerprint density at radius 3 is 2.31 bits per heavy atom. The molecule has 94 valence electrons. The largest absolute Gasteiger partial charge is 0.392 e. The lowest BCUT2D eigenvalue weighted by molar-refractivity contribution is -0.139. The molecule has 0 bridgehead atoms. The number of hydrogen-bond donors (Lipinski definition) is 3. The lowest BCUT2D eigenvalue weighted by Crippen LogP contribution is -2.42. The Bertz CT molecular complexity index is 229. The Morgan fingerprint density at radius 2 is 1.81 bits per heavy atom. The molecule has 1 atom stereocenters. The van der Waals surface area contributed by atoms with Crippen LogP contribution in [0.25, 0.3) is 0 Å². The highest BCUT2D eigenvalue weighted by Crippen LogP contribution is 1.81. The summed E-state index contributed by atoms with van der Waals surface area (Å²) in [6, 6.07) is 0. The maximum Gasteiger partial charge on any atom is 0.309 e. The second kappa shape index (κ2) is 8.06. The van der Waals surface area contributed by atoms with E-state index in [1.165, 1.54) is 6.92 Å². The van der Waals surface area contributed by atoms with Gasteiger partial charge in [-0.2, -0.15) is 0 Å². The van der Waals surface area contributed by atoms with Crippen LogP contribution in [0.4, 0.5) is 0 Å². The van der Waals surface area contributed by atoms with Crippen molar-refractivity contribution in [3.05, 3.63) is 0 Å². The van der Waals surface area contributed by atoms with Crippen molar-refractivity contribution in [3.8, 4) is 0 Å². The molecule has 0 aromatic carbocycles. The summed E-state index contributed by atoms with van der Waals surface area (Å²) >= 11 is 0. The third-order valence-corrected chi connectivity index (χ3v) is 1.83. The number of rotatable bonds is 6. The molecule has 0 saturated heterocycles. The van der Waals surface area contributed by atoms with Gasteiger partial charge in [0.1, 0.15) is 0 Å². The van der Waals surface area contributed by atoms with E-state index < -0.39 is 17.9 Å². The molecule has 6 heteroatoms. The first-order valence-corrected chi connectivity index (χ1v) is 5.32. The number of aliphatic hydroxyl groups excluding tert-OH is 1.